The summed E-state index contributed by atoms with van der Waals surface area (Å²) in [5.74, 6) is -7.84. The van der Waals surface area contributed by atoms with Crippen molar-refractivity contribution in [3.63, 3.8) is 0 Å². The first kappa shape index (κ1) is 19.1. The van der Waals surface area contributed by atoms with Crippen LogP contribution in [0.2, 0.25) is 0 Å². The molecule has 0 unspecified atom stereocenters. The predicted molar refractivity (Wildman–Crippen MR) is 81.4 cm³/mol. The summed E-state index contributed by atoms with van der Waals surface area (Å²) in [6.07, 6.45) is 1.47. The smallest absolute Gasteiger partial charge is 0.310 e. The molecule has 1 fully saturated rings. The van der Waals surface area contributed by atoms with E-state index in [0.717, 1.165) is 6.92 Å². The molecule has 0 aromatic heterocycles. The summed E-state index contributed by atoms with van der Waals surface area (Å²) in [7, 11) is 0. The molecule has 1 aromatic carbocycles. The quantitative estimate of drug-likeness (QED) is 0.405. The molecular weight excluding hydrogens is 371 g/mol. The molecule has 0 N–H and O–H groups in total. The molecule has 0 bridgehead atoms. The van der Waals surface area contributed by atoms with Crippen LogP contribution in [0.4, 0.5) is 17.6 Å². The maximum atomic E-state index is 13.8. The lowest BCUT2D eigenvalue weighted by Crippen LogP contribution is -2.14. The normalized spacial score (nSPS) is 21.4. The van der Waals surface area contributed by atoms with Gasteiger partial charge < -0.3 is 4.74 Å². The molecule has 24 heavy (non-hydrogen) atoms. The van der Waals surface area contributed by atoms with E-state index in [0.29, 0.717) is 0 Å². The van der Waals surface area contributed by atoms with Crippen molar-refractivity contribution >= 4 is 29.2 Å². The lowest BCUT2D eigenvalue weighted by molar-refractivity contribution is -0.147. The molecule has 0 saturated heterocycles. The molecule has 1 aliphatic carbocycles. The molecule has 2 nitrogen and oxygen atoms in total. The monoisotopic (exact) mass is 384 g/mol. The number of hydrogen-bond donors (Lipinski definition) is 0. The van der Waals surface area contributed by atoms with Gasteiger partial charge in [0.15, 0.2) is 23.3 Å². The van der Waals surface area contributed by atoms with E-state index in [2.05, 4.69) is 0 Å². The minimum absolute atomic E-state index is 0.0110. The van der Waals surface area contributed by atoms with Gasteiger partial charge >= 0.3 is 5.97 Å². The van der Waals surface area contributed by atoms with Gasteiger partial charge in [-0.25, -0.2) is 17.6 Å². The van der Waals surface area contributed by atoms with Crippen LogP contribution < -0.4 is 0 Å². The number of carbonyl (C=O) groups is 1. The number of benzene rings is 1. The Morgan fingerprint density at radius 2 is 1.62 bits per heavy atom. The molecule has 1 aliphatic rings. The zero-order valence-corrected chi connectivity index (χ0v) is 14.5. The maximum absolute atomic E-state index is 13.8. The van der Waals surface area contributed by atoms with Crippen molar-refractivity contribution in [2.45, 2.75) is 27.4 Å². The lowest BCUT2D eigenvalue weighted by Gasteiger charge is -2.10. The third kappa shape index (κ3) is 3.26. The molecule has 1 saturated carbocycles. The highest BCUT2D eigenvalue weighted by atomic mass is 35.5. The Labute approximate surface area is 146 Å². The first-order chi connectivity index (χ1) is 11.0. The van der Waals surface area contributed by atoms with E-state index in [-0.39, 0.29) is 10.4 Å². The van der Waals surface area contributed by atoms with Gasteiger partial charge in [0, 0.05) is 5.56 Å². The molecule has 2 atom stereocenters. The molecular formula is C16H14Cl2F4O2. The number of hydrogen-bond acceptors (Lipinski definition) is 2. The van der Waals surface area contributed by atoms with Crippen LogP contribution in [-0.4, -0.2) is 5.97 Å². The molecule has 0 spiro atoms. The van der Waals surface area contributed by atoms with E-state index in [1.807, 2.05) is 0 Å². The van der Waals surface area contributed by atoms with E-state index in [9.17, 15) is 22.4 Å². The molecule has 2 rings (SSSR count). The summed E-state index contributed by atoms with van der Waals surface area (Å²) < 4.78 is 59.3. The van der Waals surface area contributed by atoms with E-state index >= 15 is 0 Å². The second-order valence-electron chi connectivity index (χ2n) is 6.25. The molecule has 0 heterocycles. The van der Waals surface area contributed by atoms with Crippen molar-refractivity contribution in [3.8, 4) is 0 Å². The van der Waals surface area contributed by atoms with Crippen LogP contribution in [0.15, 0.2) is 10.6 Å². The lowest BCUT2D eigenvalue weighted by atomic mass is 10.1. The van der Waals surface area contributed by atoms with Crippen molar-refractivity contribution in [2.24, 2.45) is 17.3 Å². The van der Waals surface area contributed by atoms with Crippen LogP contribution in [0.25, 0.3) is 0 Å². The number of carbonyl (C=O) groups excluding carboxylic acids is 1. The third-order valence-corrected chi connectivity index (χ3v) is 4.65. The summed E-state index contributed by atoms with van der Waals surface area (Å²) in [5, 5.41) is 0. The Morgan fingerprint density at radius 1 is 1.12 bits per heavy atom. The second-order valence-corrected chi connectivity index (χ2v) is 7.26. The van der Waals surface area contributed by atoms with Crippen LogP contribution in [0.1, 0.15) is 25.0 Å². The molecule has 8 heteroatoms. The predicted octanol–water partition coefficient (Wildman–Crippen LogP) is 5.19. The van der Waals surface area contributed by atoms with Crippen LogP contribution in [-0.2, 0) is 16.1 Å². The largest absolute Gasteiger partial charge is 0.460 e. The zero-order chi connectivity index (χ0) is 18.4. The highest BCUT2D eigenvalue weighted by Crippen LogP contribution is 2.60. The van der Waals surface area contributed by atoms with Gasteiger partial charge in [0.2, 0.25) is 0 Å². The molecule has 0 amide bonds. The van der Waals surface area contributed by atoms with Gasteiger partial charge in [-0.3, -0.25) is 4.79 Å². The van der Waals surface area contributed by atoms with Crippen LogP contribution in [0.5, 0.6) is 0 Å². The Bertz CT molecular complexity index is 698. The minimum Gasteiger partial charge on any atom is -0.460 e. The van der Waals surface area contributed by atoms with Crippen molar-refractivity contribution in [3.05, 3.63) is 45.0 Å². The Kier molecular flexibility index (Phi) is 5.21. The molecule has 0 aliphatic heterocycles. The molecule has 1 aromatic rings. The SMILES string of the molecule is Cc1c(F)c(F)c(COC(=O)[C@@H]2[C@H](C=C(Cl)Cl)C2(C)C)c(F)c1F. The summed E-state index contributed by atoms with van der Waals surface area (Å²) >= 11 is 11.1. The maximum Gasteiger partial charge on any atom is 0.310 e. The standard InChI is InChI=1S/C16H14Cl2F4O2/c1-6-11(19)13(21)7(14(22)12(6)20)5-24-15(23)10-8(4-9(17)18)16(10,2)3/h4,8,10H,5H2,1-3H3/t8-,10-/m0/s1. The fraction of sp³-hybridized carbons (Fsp3) is 0.438. The Morgan fingerprint density at radius 3 is 2.08 bits per heavy atom. The first-order valence-corrected chi connectivity index (χ1v) is 7.76. The van der Waals surface area contributed by atoms with Gasteiger partial charge in [-0.1, -0.05) is 37.0 Å². The summed E-state index contributed by atoms with van der Waals surface area (Å²) in [6.45, 7) is 3.53. The van der Waals surface area contributed by atoms with E-state index in [1.165, 1.54) is 6.08 Å². The number of esters is 1. The van der Waals surface area contributed by atoms with Crippen molar-refractivity contribution in [1.29, 1.82) is 0 Å². The van der Waals surface area contributed by atoms with Gasteiger partial charge in [0.05, 0.1) is 11.5 Å². The van der Waals surface area contributed by atoms with Gasteiger partial charge in [-0.05, 0) is 24.3 Å². The fourth-order valence-electron chi connectivity index (χ4n) is 2.72. The summed E-state index contributed by atoms with van der Waals surface area (Å²) in [5.41, 5.74) is -2.23. The first-order valence-electron chi connectivity index (χ1n) is 7.01. The Hall–Kier alpha value is -1.27. The average molecular weight is 385 g/mol. The summed E-state index contributed by atoms with van der Waals surface area (Å²) in [6, 6.07) is 0. The summed E-state index contributed by atoms with van der Waals surface area (Å²) in [4.78, 5) is 12.1. The van der Waals surface area contributed by atoms with Crippen molar-refractivity contribution in [1.82, 2.24) is 0 Å². The van der Waals surface area contributed by atoms with Gasteiger partial charge in [0.25, 0.3) is 0 Å². The van der Waals surface area contributed by atoms with E-state index in [1.54, 1.807) is 13.8 Å². The third-order valence-electron chi connectivity index (χ3n) is 4.40. The topological polar surface area (TPSA) is 26.3 Å². The minimum atomic E-state index is -1.57. The molecule has 0 radical (unpaired) electrons. The van der Waals surface area contributed by atoms with Crippen LogP contribution in [0, 0.1) is 47.4 Å². The number of ether oxygens (including phenoxy) is 1. The highest BCUT2D eigenvalue weighted by Gasteiger charge is 2.61. The van der Waals surface area contributed by atoms with E-state index < -0.39 is 58.3 Å². The average Bonchev–Trinajstić information content (AvgIpc) is 3.02. The van der Waals surface area contributed by atoms with Crippen LogP contribution >= 0.6 is 23.2 Å². The fourth-order valence-corrected chi connectivity index (χ4v) is 2.99. The van der Waals surface area contributed by atoms with Crippen molar-refractivity contribution < 1.29 is 27.1 Å². The number of halogens is 6. The van der Waals surface area contributed by atoms with Gasteiger partial charge in [-0.2, -0.15) is 0 Å². The van der Waals surface area contributed by atoms with Gasteiger partial charge in [0.1, 0.15) is 11.1 Å². The second kappa shape index (κ2) is 6.56. The number of rotatable bonds is 4. The Balaban J connectivity index is 2.16. The van der Waals surface area contributed by atoms with E-state index in [4.69, 9.17) is 27.9 Å². The van der Waals surface area contributed by atoms with Crippen LogP contribution in [0.3, 0.4) is 0 Å². The highest BCUT2D eigenvalue weighted by molar-refractivity contribution is 6.55. The zero-order valence-electron chi connectivity index (χ0n) is 13.0. The molecule has 132 valence electrons. The number of allylic oxidation sites excluding steroid dienone is 1. The van der Waals surface area contributed by atoms with Crippen molar-refractivity contribution in [2.75, 3.05) is 0 Å². The van der Waals surface area contributed by atoms with Gasteiger partial charge in [-0.15, -0.1) is 0 Å².